The van der Waals surface area contributed by atoms with E-state index in [9.17, 15) is 13.7 Å². The molecule has 0 bridgehead atoms. The first kappa shape index (κ1) is 22.5. The van der Waals surface area contributed by atoms with Crippen LogP contribution in [0, 0.1) is 11.3 Å². The first-order valence-corrected chi connectivity index (χ1v) is 12.0. The van der Waals surface area contributed by atoms with Crippen molar-refractivity contribution >= 4 is 61.9 Å². The summed E-state index contributed by atoms with van der Waals surface area (Å²) in [6, 6.07) is 9.96. The van der Waals surface area contributed by atoms with Crippen molar-refractivity contribution in [3.05, 3.63) is 61.5 Å². The van der Waals surface area contributed by atoms with Gasteiger partial charge >= 0.3 is 0 Å². The molecule has 3 rings (SSSR count). The summed E-state index contributed by atoms with van der Waals surface area (Å²) in [6.07, 6.45) is 1.58. The van der Waals surface area contributed by atoms with Crippen LogP contribution in [-0.2, 0) is 16.4 Å². The Labute approximate surface area is 190 Å². The molecule has 0 saturated carbocycles. The van der Waals surface area contributed by atoms with Crippen LogP contribution in [0.15, 0.2) is 30.3 Å². The minimum Gasteiger partial charge on any atom is -0.347 e. The fraction of sp³-hybridized carbons (Fsp3) is 0.316. The van der Waals surface area contributed by atoms with Crippen LogP contribution in [0.25, 0.3) is 0 Å². The molecule has 0 spiro atoms. The monoisotopic (exact) mass is 491 g/mol. The quantitative estimate of drug-likeness (QED) is 0.641. The molecule has 0 aliphatic carbocycles. The highest BCUT2D eigenvalue weighted by Gasteiger charge is 2.49. The lowest BCUT2D eigenvalue weighted by molar-refractivity contribution is 0.505. The van der Waals surface area contributed by atoms with Gasteiger partial charge in [-0.25, -0.2) is 8.42 Å². The van der Waals surface area contributed by atoms with Gasteiger partial charge in [0.25, 0.3) is 0 Å². The highest BCUT2D eigenvalue weighted by Crippen LogP contribution is 2.39. The third kappa shape index (κ3) is 4.32. The predicted molar refractivity (Wildman–Crippen MR) is 119 cm³/mol. The highest BCUT2D eigenvalue weighted by atomic mass is 35.5. The zero-order valence-corrected chi connectivity index (χ0v) is 19.2. The summed E-state index contributed by atoms with van der Waals surface area (Å²) in [4.78, 5) is 0.507. The number of nitrogens with one attached hydrogen (secondary N) is 1. The molecule has 1 aliphatic rings. The number of nitrogens with zero attached hydrogens (tertiary/aromatic N) is 2. The second-order valence-electron chi connectivity index (χ2n) is 6.86. The molecule has 10 heteroatoms. The van der Waals surface area contributed by atoms with E-state index in [4.69, 9.17) is 46.4 Å². The summed E-state index contributed by atoms with van der Waals surface area (Å²) in [6.45, 7) is 0.883. The van der Waals surface area contributed by atoms with E-state index < -0.39 is 14.7 Å². The number of benzene rings is 2. The molecule has 29 heavy (non-hydrogen) atoms. The van der Waals surface area contributed by atoms with Gasteiger partial charge in [-0.05, 0) is 43.3 Å². The van der Waals surface area contributed by atoms with Gasteiger partial charge in [-0.1, -0.05) is 46.4 Å². The SMILES string of the molecule is CS(=O)(=O)[C@@]1(N(Cc2c(Cl)cc(Cl)cc2Cl)c2ccc(C#N)c(Cl)c2)CCNC1. The topological polar surface area (TPSA) is 73.2 Å². The van der Waals surface area contributed by atoms with Crippen molar-refractivity contribution in [2.75, 3.05) is 24.2 Å². The summed E-state index contributed by atoms with van der Waals surface area (Å²) < 4.78 is 25.9. The van der Waals surface area contributed by atoms with Crippen molar-refractivity contribution in [3.63, 3.8) is 0 Å². The Morgan fingerprint density at radius 3 is 2.28 bits per heavy atom. The smallest absolute Gasteiger partial charge is 0.172 e. The molecule has 0 aromatic heterocycles. The Bertz CT molecular complexity index is 1070. The van der Waals surface area contributed by atoms with Crippen molar-refractivity contribution < 1.29 is 8.42 Å². The van der Waals surface area contributed by atoms with Gasteiger partial charge in [0, 0.05) is 45.7 Å². The lowest BCUT2D eigenvalue weighted by Gasteiger charge is -2.41. The molecule has 2 aromatic carbocycles. The number of hydrogen-bond donors (Lipinski definition) is 1. The van der Waals surface area contributed by atoms with Crippen LogP contribution in [0.1, 0.15) is 17.5 Å². The van der Waals surface area contributed by atoms with Gasteiger partial charge in [0.15, 0.2) is 14.7 Å². The van der Waals surface area contributed by atoms with Crippen LogP contribution < -0.4 is 10.2 Å². The maximum absolute atomic E-state index is 12.9. The summed E-state index contributed by atoms with van der Waals surface area (Å²) in [5, 5.41) is 13.6. The number of halogens is 4. The lowest BCUT2D eigenvalue weighted by atomic mass is 10.1. The zero-order valence-electron chi connectivity index (χ0n) is 15.3. The summed E-state index contributed by atoms with van der Waals surface area (Å²) >= 11 is 25.0. The molecule has 1 saturated heterocycles. The van der Waals surface area contributed by atoms with Gasteiger partial charge in [0.2, 0.25) is 0 Å². The van der Waals surface area contributed by atoms with Crippen molar-refractivity contribution in [1.82, 2.24) is 5.32 Å². The van der Waals surface area contributed by atoms with Crippen molar-refractivity contribution in [2.45, 2.75) is 17.8 Å². The maximum atomic E-state index is 12.9. The molecule has 0 amide bonds. The van der Waals surface area contributed by atoms with Crippen LogP contribution in [0.5, 0.6) is 0 Å². The molecule has 2 aromatic rings. The van der Waals surface area contributed by atoms with Crippen molar-refractivity contribution in [2.24, 2.45) is 0 Å². The van der Waals surface area contributed by atoms with Crippen LogP contribution in [0.4, 0.5) is 5.69 Å². The largest absolute Gasteiger partial charge is 0.347 e. The minimum absolute atomic E-state index is 0.117. The summed E-state index contributed by atoms with van der Waals surface area (Å²) in [5.74, 6) is 0. The van der Waals surface area contributed by atoms with E-state index in [0.29, 0.717) is 44.8 Å². The molecule has 5 nitrogen and oxygen atoms in total. The maximum Gasteiger partial charge on any atom is 0.172 e. The van der Waals surface area contributed by atoms with Crippen LogP contribution in [0.2, 0.25) is 20.1 Å². The van der Waals surface area contributed by atoms with Gasteiger partial charge in [-0.3, -0.25) is 0 Å². The number of rotatable bonds is 5. The summed E-state index contributed by atoms with van der Waals surface area (Å²) in [7, 11) is -3.55. The van der Waals surface area contributed by atoms with E-state index in [1.165, 1.54) is 6.26 Å². The van der Waals surface area contributed by atoms with Crippen LogP contribution >= 0.6 is 46.4 Å². The Hall–Kier alpha value is -1.20. The van der Waals surface area contributed by atoms with Crippen molar-refractivity contribution in [1.29, 1.82) is 5.26 Å². The third-order valence-corrected chi connectivity index (χ3v) is 8.24. The first-order valence-electron chi connectivity index (χ1n) is 8.60. The molecular weight excluding hydrogens is 476 g/mol. The predicted octanol–water partition coefficient (Wildman–Crippen LogP) is 4.91. The minimum atomic E-state index is -3.55. The average molecular weight is 493 g/mol. The number of sulfone groups is 1. The van der Waals surface area contributed by atoms with Gasteiger partial charge in [0.1, 0.15) is 6.07 Å². The van der Waals surface area contributed by atoms with E-state index in [-0.39, 0.29) is 18.1 Å². The van der Waals surface area contributed by atoms with Gasteiger partial charge < -0.3 is 10.2 Å². The molecule has 1 atom stereocenters. The van der Waals surface area contributed by atoms with E-state index in [0.717, 1.165) is 0 Å². The molecule has 1 aliphatic heterocycles. The van der Waals surface area contributed by atoms with E-state index in [1.807, 2.05) is 6.07 Å². The fourth-order valence-corrected chi connectivity index (χ4v) is 6.08. The Morgan fingerprint density at radius 2 is 1.79 bits per heavy atom. The molecule has 0 unspecified atom stereocenters. The second-order valence-corrected chi connectivity index (χ2v) is 10.8. The van der Waals surface area contributed by atoms with Crippen LogP contribution in [-0.4, -0.2) is 32.6 Å². The second kappa shape index (κ2) is 8.50. The first-order chi connectivity index (χ1) is 13.6. The number of anilines is 1. The fourth-order valence-electron chi connectivity index (χ4n) is 3.52. The highest BCUT2D eigenvalue weighted by molar-refractivity contribution is 7.92. The van der Waals surface area contributed by atoms with E-state index >= 15 is 0 Å². The summed E-state index contributed by atoms with van der Waals surface area (Å²) in [5.41, 5.74) is 1.40. The number of nitriles is 1. The van der Waals surface area contributed by atoms with E-state index in [2.05, 4.69) is 5.32 Å². The molecule has 154 valence electrons. The normalized spacial score (nSPS) is 19.2. The molecule has 1 heterocycles. The zero-order chi connectivity index (χ0) is 21.4. The van der Waals surface area contributed by atoms with E-state index in [1.54, 1.807) is 35.2 Å². The van der Waals surface area contributed by atoms with Crippen molar-refractivity contribution in [3.8, 4) is 6.07 Å². The Kier molecular flexibility index (Phi) is 6.59. The lowest BCUT2D eigenvalue weighted by Crippen LogP contribution is -2.55. The van der Waals surface area contributed by atoms with Gasteiger partial charge in [0.05, 0.1) is 10.6 Å². The van der Waals surface area contributed by atoms with Gasteiger partial charge in [-0.2, -0.15) is 5.26 Å². The molecule has 1 N–H and O–H groups in total. The molecule has 1 fully saturated rings. The molecular formula is C19H17Cl4N3O2S. The molecule has 0 radical (unpaired) electrons. The number of hydrogen-bond acceptors (Lipinski definition) is 5. The Morgan fingerprint density at radius 1 is 1.14 bits per heavy atom. The van der Waals surface area contributed by atoms with Crippen LogP contribution in [0.3, 0.4) is 0 Å². The Balaban J connectivity index is 2.20. The average Bonchev–Trinajstić information content (AvgIpc) is 3.12. The third-order valence-electron chi connectivity index (χ3n) is 5.08. The standard InChI is InChI=1S/C19H17Cl4N3O2S/c1-29(27,28)19(4-5-25-11-19)26(14-3-2-12(9-24)16(21)8-14)10-15-17(22)6-13(20)7-18(15)23/h2-3,6-8,25H,4-5,10-11H2,1H3/t19-/m0/s1. The van der Waals surface area contributed by atoms with Gasteiger partial charge in [-0.15, -0.1) is 0 Å².